The minimum atomic E-state index is 0.0192. The second-order valence-electron chi connectivity index (χ2n) is 3.99. The van der Waals surface area contributed by atoms with Crippen molar-refractivity contribution in [2.24, 2.45) is 11.0 Å². The average molecular weight is 247 g/mol. The molecule has 0 aromatic heterocycles. The molecule has 0 saturated heterocycles. The van der Waals surface area contributed by atoms with Gasteiger partial charge in [0.15, 0.2) is 0 Å². The van der Waals surface area contributed by atoms with Gasteiger partial charge in [0.25, 0.3) is 0 Å². The third-order valence-electron chi connectivity index (χ3n) is 2.74. The molecule has 1 unspecified atom stereocenters. The first-order chi connectivity index (χ1) is 8.22. The highest BCUT2D eigenvalue weighted by Gasteiger charge is 2.25. The Labute approximate surface area is 106 Å². The van der Waals surface area contributed by atoms with Crippen LogP contribution in [0.3, 0.4) is 0 Å². The summed E-state index contributed by atoms with van der Waals surface area (Å²) in [6.45, 7) is 3.93. The van der Waals surface area contributed by atoms with Crippen molar-refractivity contribution in [2.45, 2.75) is 20.3 Å². The molecule has 1 aromatic carbocycles. The molecular formula is C13H15N2OS. The van der Waals surface area contributed by atoms with Crippen LogP contribution in [0.4, 0.5) is 0 Å². The Morgan fingerprint density at radius 2 is 2.12 bits per heavy atom. The van der Waals surface area contributed by atoms with Crippen molar-refractivity contribution in [1.82, 2.24) is 5.01 Å². The van der Waals surface area contributed by atoms with Gasteiger partial charge in [-0.3, -0.25) is 4.79 Å². The fourth-order valence-corrected chi connectivity index (χ4v) is 2.21. The Balaban J connectivity index is 2.12. The fourth-order valence-electron chi connectivity index (χ4n) is 1.45. The molecule has 1 atom stereocenters. The summed E-state index contributed by atoms with van der Waals surface area (Å²) in [5.74, 6) is 1.85. The maximum atomic E-state index is 11.9. The van der Waals surface area contributed by atoms with E-state index in [4.69, 9.17) is 0 Å². The molecule has 0 spiro atoms. The van der Waals surface area contributed by atoms with Crippen molar-refractivity contribution in [3.8, 4) is 0 Å². The molecule has 4 heteroatoms. The molecule has 3 nitrogen and oxygen atoms in total. The summed E-state index contributed by atoms with van der Waals surface area (Å²) in [4.78, 5) is 11.9. The van der Waals surface area contributed by atoms with Gasteiger partial charge in [0.2, 0.25) is 5.91 Å². The van der Waals surface area contributed by atoms with Crippen molar-refractivity contribution in [1.29, 1.82) is 0 Å². The highest BCUT2D eigenvalue weighted by Crippen LogP contribution is 2.27. The van der Waals surface area contributed by atoms with E-state index in [0.29, 0.717) is 0 Å². The van der Waals surface area contributed by atoms with Gasteiger partial charge in [0.05, 0.1) is 0 Å². The number of carbonyl (C=O) groups is 1. The smallest absolute Gasteiger partial charge is 0.246 e. The van der Waals surface area contributed by atoms with Crippen LogP contribution < -0.4 is 0 Å². The lowest BCUT2D eigenvalue weighted by Crippen LogP contribution is -2.26. The molecule has 1 heterocycles. The normalized spacial score (nSPS) is 16.8. The van der Waals surface area contributed by atoms with E-state index < -0.39 is 0 Å². The molecule has 1 aromatic rings. The zero-order chi connectivity index (χ0) is 12.3. The first-order valence-corrected chi connectivity index (χ1v) is 6.57. The number of carbonyl (C=O) groups excluding carboxylic acids is 1. The lowest BCUT2D eigenvalue weighted by molar-refractivity contribution is -0.132. The van der Waals surface area contributed by atoms with Crippen LogP contribution in [-0.4, -0.2) is 16.0 Å². The van der Waals surface area contributed by atoms with Crippen LogP contribution in [0.15, 0.2) is 35.4 Å². The van der Waals surface area contributed by atoms with Gasteiger partial charge in [-0.25, -0.2) is 5.01 Å². The number of benzene rings is 1. The molecule has 89 valence electrons. The maximum absolute atomic E-state index is 11.9. The minimum absolute atomic E-state index is 0.0192. The van der Waals surface area contributed by atoms with Gasteiger partial charge in [-0.05, 0) is 6.42 Å². The monoisotopic (exact) mass is 247 g/mol. The summed E-state index contributed by atoms with van der Waals surface area (Å²) in [5, 5.41) is 6.67. The van der Waals surface area contributed by atoms with E-state index in [0.717, 1.165) is 17.0 Å². The molecule has 2 rings (SSSR count). The van der Waals surface area contributed by atoms with Gasteiger partial charge in [-0.15, -0.1) is 0 Å². The molecular weight excluding hydrogens is 232 g/mol. The third-order valence-corrected chi connectivity index (χ3v) is 3.59. The highest BCUT2D eigenvalue weighted by molar-refractivity contribution is 8.16. The number of thioether (sulfide) groups is 1. The summed E-state index contributed by atoms with van der Waals surface area (Å²) >= 11 is 1.49. The summed E-state index contributed by atoms with van der Waals surface area (Å²) in [6, 6.07) is 9.90. The SMILES string of the molecule is CCC(C)C(=O)N1[CH]SC(c2ccccc2)=N1. The lowest BCUT2D eigenvalue weighted by Gasteiger charge is -2.14. The van der Waals surface area contributed by atoms with Crippen molar-refractivity contribution >= 4 is 22.7 Å². The molecule has 1 aliphatic heterocycles. The molecule has 1 amide bonds. The third kappa shape index (κ3) is 2.69. The van der Waals surface area contributed by atoms with Crippen LogP contribution in [0.25, 0.3) is 0 Å². The maximum Gasteiger partial charge on any atom is 0.246 e. The second-order valence-corrected chi connectivity index (χ2v) is 4.82. The van der Waals surface area contributed by atoms with Gasteiger partial charge < -0.3 is 0 Å². The first kappa shape index (κ1) is 12.2. The Hall–Kier alpha value is -1.29. The Bertz CT molecular complexity index is 430. The molecule has 0 saturated carbocycles. The molecule has 17 heavy (non-hydrogen) atoms. The van der Waals surface area contributed by atoms with E-state index in [9.17, 15) is 4.79 Å². The van der Waals surface area contributed by atoms with E-state index >= 15 is 0 Å². The lowest BCUT2D eigenvalue weighted by atomic mass is 10.1. The first-order valence-electron chi connectivity index (χ1n) is 5.69. The largest absolute Gasteiger partial charge is 0.273 e. The van der Waals surface area contributed by atoms with Gasteiger partial charge in [0.1, 0.15) is 10.9 Å². The van der Waals surface area contributed by atoms with Gasteiger partial charge >= 0.3 is 0 Å². The molecule has 1 aliphatic rings. The van der Waals surface area contributed by atoms with Crippen molar-refractivity contribution in [3.05, 3.63) is 41.8 Å². The Morgan fingerprint density at radius 1 is 1.41 bits per heavy atom. The number of hydrogen-bond donors (Lipinski definition) is 0. The minimum Gasteiger partial charge on any atom is -0.273 e. The predicted molar refractivity (Wildman–Crippen MR) is 71.2 cm³/mol. The van der Waals surface area contributed by atoms with Crippen LogP contribution in [0, 0.1) is 11.8 Å². The number of hydrogen-bond acceptors (Lipinski definition) is 3. The van der Waals surface area contributed by atoms with Gasteiger partial charge in [-0.1, -0.05) is 55.9 Å². The van der Waals surface area contributed by atoms with E-state index in [1.54, 1.807) is 5.88 Å². The van der Waals surface area contributed by atoms with Crippen LogP contribution in [0.2, 0.25) is 0 Å². The molecule has 0 fully saturated rings. The second kappa shape index (κ2) is 5.36. The van der Waals surface area contributed by atoms with Crippen LogP contribution in [0.1, 0.15) is 25.8 Å². The fraction of sp³-hybridized carbons (Fsp3) is 0.308. The number of nitrogens with zero attached hydrogens (tertiary/aromatic N) is 2. The predicted octanol–water partition coefficient (Wildman–Crippen LogP) is 3.09. The summed E-state index contributed by atoms with van der Waals surface area (Å²) in [5.41, 5.74) is 1.05. The molecule has 0 N–H and O–H groups in total. The van der Waals surface area contributed by atoms with Crippen LogP contribution in [-0.2, 0) is 4.79 Å². The molecule has 1 radical (unpaired) electrons. The van der Waals surface area contributed by atoms with Gasteiger partial charge in [-0.2, -0.15) is 5.10 Å². The van der Waals surface area contributed by atoms with E-state index in [-0.39, 0.29) is 11.8 Å². The number of rotatable bonds is 3. The molecule has 0 bridgehead atoms. The summed E-state index contributed by atoms with van der Waals surface area (Å²) < 4.78 is 0. The van der Waals surface area contributed by atoms with Crippen LogP contribution in [0.5, 0.6) is 0 Å². The van der Waals surface area contributed by atoms with Crippen molar-refractivity contribution in [2.75, 3.05) is 0 Å². The zero-order valence-corrected chi connectivity index (χ0v) is 10.8. The summed E-state index contributed by atoms with van der Waals surface area (Å²) in [6.07, 6.45) is 0.837. The van der Waals surface area contributed by atoms with Crippen LogP contribution >= 0.6 is 11.8 Å². The summed E-state index contributed by atoms with van der Waals surface area (Å²) in [7, 11) is 0. The van der Waals surface area contributed by atoms with E-state index in [2.05, 4.69) is 5.10 Å². The number of hydrazone groups is 1. The topological polar surface area (TPSA) is 32.7 Å². The zero-order valence-electron chi connectivity index (χ0n) is 9.96. The Morgan fingerprint density at radius 3 is 2.76 bits per heavy atom. The molecule has 0 aliphatic carbocycles. The Kier molecular flexibility index (Phi) is 3.84. The number of amides is 1. The van der Waals surface area contributed by atoms with Crippen molar-refractivity contribution < 1.29 is 4.79 Å². The quantitative estimate of drug-likeness (QED) is 0.822. The highest BCUT2D eigenvalue weighted by atomic mass is 32.2. The standard InChI is InChI=1S/C13H15N2OS/c1-3-10(2)13(16)15-9-17-12(14-15)11-7-5-4-6-8-11/h4-10H,3H2,1-2H3. The average Bonchev–Trinajstić information content (AvgIpc) is 2.87. The van der Waals surface area contributed by atoms with Gasteiger partial charge in [0, 0.05) is 11.5 Å². The van der Waals surface area contributed by atoms with Crippen molar-refractivity contribution in [3.63, 3.8) is 0 Å². The van der Waals surface area contributed by atoms with E-state index in [1.165, 1.54) is 16.8 Å². The van der Waals surface area contributed by atoms with E-state index in [1.807, 2.05) is 44.2 Å².